The molecule has 0 saturated carbocycles. The highest BCUT2D eigenvalue weighted by Crippen LogP contribution is 1.96. The zero-order valence-corrected chi connectivity index (χ0v) is 10.1. The molecule has 14 heavy (non-hydrogen) atoms. The minimum Gasteiger partial charge on any atom is -0.466 e. The van der Waals surface area contributed by atoms with E-state index in [1.54, 1.807) is 6.92 Å². The molecule has 1 aliphatic heterocycles. The van der Waals surface area contributed by atoms with Gasteiger partial charge in [-0.2, -0.15) is 0 Å². The first-order valence-electron chi connectivity index (χ1n) is 5.61. The number of ether oxygens (including phenoxy) is 1. The molecule has 0 aromatic rings. The average molecular weight is 203 g/mol. The van der Waals surface area contributed by atoms with E-state index in [9.17, 15) is 4.79 Å². The van der Waals surface area contributed by atoms with E-state index in [0.29, 0.717) is 6.61 Å². The Balaban J connectivity index is 0. The van der Waals surface area contributed by atoms with Gasteiger partial charge in [0, 0.05) is 6.92 Å². The topological polar surface area (TPSA) is 38.3 Å². The van der Waals surface area contributed by atoms with Crippen molar-refractivity contribution in [1.82, 2.24) is 5.32 Å². The molecular formula is C11H25NO2. The molecule has 0 aromatic carbocycles. The Morgan fingerprint density at radius 3 is 1.79 bits per heavy atom. The van der Waals surface area contributed by atoms with Crippen LogP contribution in [0.1, 0.15) is 47.0 Å². The number of hydrogen-bond donors (Lipinski definition) is 1. The molecule has 3 heteroatoms. The largest absolute Gasteiger partial charge is 0.466 e. The predicted molar refractivity (Wildman–Crippen MR) is 60.4 cm³/mol. The molecule has 3 nitrogen and oxygen atoms in total. The number of carbonyl (C=O) groups is 1. The van der Waals surface area contributed by atoms with Gasteiger partial charge < -0.3 is 10.1 Å². The van der Waals surface area contributed by atoms with Gasteiger partial charge in [0.1, 0.15) is 0 Å². The molecule has 0 bridgehead atoms. The van der Waals surface area contributed by atoms with Crippen molar-refractivity contribution in [3.63, 3.8) is 0 Å². The minimum absolute atomic E-state index is 0.211. The van der Waals surface area contributed by atoms with Crippen molar-refractivity contribution in [2.75, 3.05) is 19.7 Å². The Morgan fingerprint density at radius 2 is 1.71 bits per heavy atom. The second kappa shape index (κ2) is 14.9. The van der Waals surface area contributed by atoms with Gasteiger partial charge in [0.15, 0.2) is 0 Å². The molecular weight excluding hydrogens is 178 g/mol. The number of piperidine rings is 1. The summed E-state index contributed by atoms with van der Waals surface area (Å²) < 4.78 is 4.40. The Bertz CT molecular complexity index is 100. The fourth-order valence-corrected chi connectivity index (χ4v) is 1.01. The van der Waals surface area contributed by atoms with E-state index in [4.69, 9.17) is 0 Å². The molecule has 1 fully saturated rings. The number of hydrogen-bond acceptors (Lipinski definition) is 3. The molecule has 0 aliphatic carbocycles. The van der Waals surface area contributed by atoms with E-state index >= 15 is 0 Å². The molecule has 86 valence electrons. The van der Waals surface area contributed by atoms with Crippen LogP contribution in [0, 0.1) is 0 Å². The lowest BCUT2D eigenvalue weighted by atomic mass is 10.2. The summed E-state index contributed by atoms with van der Waals surface area (Å²) in [6, 6.07) is 0. The Morgan fingerprint density at radius 1 is 1.21 bits per heavy atom. The van der Waals surface area contributed by atoms with Crippen LogP contribution in [0.15, 0.2) is 0 Å². The second-order valence-corrected chi connectivity index (χ2v) is 2.74. The van der Waals surface area contributed by atoms with Crippen molar-refractivity contribution < 1.29 is 9.53 Å². The molecule has 1 heterocycles. The van der Waals surface area contributed by atoms with Crippen molar-refractivity contribution in [3.8, 4) is 0 Å². The first-order valence-corrected chi connectivity index (χ1v) is 5.61. The SMILES string of the molecule is C1CCNCC1.CC.CCOC(C)=O. The summed E-state index contributed by atoms with van der Waals surface area (Å²) in [7, 11) is 0. The third kappa shape index (κ3) is 17.5. The van der Waals surface area contributed by atoms with Crippen LogP contribution in [0.3, 0.4) is 0 Å². The van der Waals surface area contributed by atoms with Crippen molar-refractivity contribution in [3.05, 3.63) is 0 Å². The molecule has 0 amide bonds. The van der Waals surface area contributed by atoms with Crippen LogP contribution in [-0.2, 0) is 9.53 Å². The zero-order chi connectivity index (χ0) is 11.2. The molecule has 0 spiro atoms. The van der Waals surface area contributed by atoms with E-state index in [0.717, 1.165) is 0 Å². The van der Waals surface area contributed by atoms with Crippen LogP contribution in [0.25, 0.3) is 0 Å². The highest BCUT2D eigenvalue weighted by molar-refractivity contribution is 5.65. The first kappa shape index (κ1) is 15.9. The summed E-state index contributed by atoms with van der Waals surface area (Å²) in [4.78, 5) is 9.82. The maximum absolute atomic E-state index is 9.82. The van der Waals surface area contributed by atoms with Crippen molar-refractivity contribution in [1.29, 1.82) is 0 Å². The molecule has 1 N–H and O–H groups in total. The summed E-state index contributed by atoms with van der Waals surface area (Å²) >= 11 is 0. The summed E-state index contributed by atoms with van der Waals surface area (Å²) in [5, 5.41) is 3.28. The van der Waals surface area contributed by atoms with Gasteiger partial charge in [0.05, 0.1) is 6.61 Å². The molecule has 1 rings (SSSR count). The molecule has 0 unspecified atom stereocenters. The van der Waals surface area contributed by atoms with E-state index in [-0.39, 0.29) is 5.97 Å². The Hall–Kier alpha value is -0.570. The summed E-state index contributed by atoms with van der Waals surface area (Å²) in [5.41, 5.74) is 0. The van der Waals surface area contributed by atoms with Crippen LogP contribution in [0.5, 0.6) is 0 Å². The zero-order valence-electron chi connectivity index (χ0n) is 10.1. The molecule has 0 aromatic heterocycles. The lowest BCUT2D eigenvalue weighted by Gasteiger charge is -2.08. The van der Waals surface area contributed by atoms with E-state index < -0.39 is 0 Å². The third-order valence-electron chi connectivity index (χ3n) is 1.55. The summed E-state index contributed by atoms with van der Waals surface area (Å²) in [6.45, 7) is 10.2. The molecule has 0 radical (unpaired) electrons. The number of esters is 1. The van der Waals surface area contributed by atoms with Gasteiger partial charge in [-0.1, -0.05) is 20.3 Å². The van der Waals surface area contributed by atoms with Crippen LogP contribution in [-0.4, -0.2) is 25.7 Å². The van der Waals surface area contributed by atoms with Gasteiger partial charge in [-0.3, -0.25) is 4.79 Å². The van der Waals surface area contributed by atoms with Gasteiger partial charge in [0.2, 0.25) is 0 Å². The predicted octanol–water partition coefficient (Wildman–Crippen LogP) is 2.36. The Labute approximate surface area is 88.2 Å². The van der Waals surface area contributed by atoms with Crippen molar-refractivity contribution in [2.45, 2.75) is 47.0 Å². The number of rotatable bonds is 1. The van der Waals surface area contributed by atoms with Gasteiger partial charge in [-0.25, -0.2) is 0 Å². The molecule has 1 saturated heterocycles. The summed E-state index contributed by atoms with van der Waals surface area (Å²) in [6.07, 6.45) is 4.22. The van der Waals surface area contributed by atoms with Crippen LogP contribution < -0.4 is 5.32 Å². The van der Waals surface area contributed by atoms with Crippen LogP contribution >= 0.6 is 0 Å². The average Bonchev–Trinajstić information content (AvgIpc) is 2.24. The van der Waals surface area contributed by atoms with Gasteiger partial charge in [-0.05, 0) is 32.9 Å². The fourth-order valence-electron chi connectivity index (χ4n) is 1.01. The number of nitrogens with one attached hydrogen (secondary N) is 1. The molecule has 1 aliphatic rings. The Kier molecular flexibility index (Phi) is 16.9. The molecule has 0 atom stereocenters. The third-order valence-corrected chi connectivity index (χ3v) is 1.55. The van der Waals surface area contributed by atoms with E-state index in [2.05, 4.69) is 10.1 Å². The monoisotopic (exact) mass is 203 g/mol. The highest BCUT2D eigenvalue weighted by Gasteiger charge is 1.93. The minimum atomic E-state index is -0.211. The van der Waals surface area contributed by atoms with Gasteiger partial charge in [-0.15, -0.1) is 0 Å². The first-order chi connectivity index (χ1) is 6.77. The fraction of sp³-hybridized carbons (Fsp3) is 0.909. The normalized spacial score (nSPS) is 14.0. The number of carbonyl (C=O) groups excluding carboxylic acids is 1. The standard InChI is InChI=1S/C5H11N.C4H8O2.C2H6/c1-2-4-6-5-3-1;1-3-6-4(2)5;1-2/h6H,1-5H2;3H2,1-2H3;1-2H3. The quantitative estimate of drug-likeness (QED) is 0.665. The lowest BCUT2D eigenvalue weighted by Crippen LogP contribution is -2.21. The van der Waals surface area contributed by atoms with Crippen molar-refractivity contribution in [2.24, 2.45) is 0 Å². The van der Waals surface area contributed by atoms with E-state index in [1.807, 2.05) is 13.8 Å². The maximum Gasteiger partial charge on any atom is 0.302 e. The van der Waals surface area contributed by atoms with Gasteiger partial charge >= 0.3 is 5.97 Å². The maximum atomic E-state index is 9.82. The van der Waals surface area contributed by atoms with Crippen LogP contribution in [0.4, 0.5) is 0 Å². The second-order valence-electron chi connectivity index (χ2n) is 2.74. The van der Waals surface area contributed by atoms with Crippen LogP contribution in [0.2, 0.25) is 0 Å². The summed E-state index contributed by atoms with van der Waals surface area (Å²) in [5.74, 6) is -0.211. The van der Waals surface area contributed by atoms with E-state index in [1.165, 1.54) is 39.3 Å². The smallest absolute Gasteiger partial charge is 0.302 e. The lowest BCUT2D eigenvalue weighted by molar-refractivity contribution is -0.140. The van der Waals surface area contributed by atoms with Crippen molar-refractivity contribution >= 4 is 5.97 Å². The highest BCUT2D eigenvalue weighted by atomic mass is 16.5. The van der Waals surface area contributed by atoms with Gasteiger partial charge in [0.25, 0.3) is 0 Å².